The van der Waals surface area contributed by atoms with E-state index in [-0.39, 0.29) is 35.3 Å². The Bertz CT molecular complexity index is 1300. The number of carbonyl (C=O) groups excluding carboxylic acids is 3. The number of nitrogens with one attached hydrogen (secondary N) is 3. The van der Waals surface area contributed by atoms with Gasteiger partial charge in [-0.3, -0.25) is 14.4 Å². The van der Waals surface area contributed by atoms with Crippen LogP contribution in [0, 0.1) is 0 Å². The second-order valence-electron chi connectivity index (χ2n) is 8.54. The molecule has 2 aromatic carbocycles. The first kappa shape index (κ1) is 25.3. The molecule has 2 heterocycles. The summed E-state index contributed by atoms with van der Waals surface area (Å²) >= 11 is 0. The Kier molecular flexibility index (Phi) is 8.04. The number of nitrogens with two attached hydrogens (primary N) is 1. The highest BCUT2D eigenvalue weighted by Crippen LogP contribution is 2.21. The number of aromatic nitrogens is 3. The zero-order chi connectivity index (χ0) is 26.2. The molecule has 0 spiro atoms. The van der Waals surface area contributed by atoms with E-state index in [1.165, 1.54) is 6.08 Å². The maximum atomic E-state index is 12.7. The lowest BCUT2D eigenvalue weighted by Crippen LogP contribution is -2.44. The topological polar surface area (TPSA) is 155 Å². The molecule has 1 aliphatic rings. The largest absolute Gasteiger partial charge is 0.364 e. The van der Waals surface area contributed by atoms with Crippen LogP contribution < -0.4 is 21.7 Å². The van der Waals surface area contributed by atoms with Crippen molar-refractivity contribution in [2.24, 2.45) is 5.73 Å². The number of nitrogens with zero attached hydrogens (tertiary/aromatic N) is 4. The molecule has 0 aliphatic carbocycles. The van der Waals surface area contributed by atoms with Gasteiger partial charge in [0.2, 0.25) is 11.9 Å². The van der Waals surface area contributed by atoms with E-state index in [9.17, 15) is 14.4 Å². The Morgan fingerprint density at radius 2 is 1.92 bits per heavy atom. The maximum absolute atomic E-state index is 12.7. The number of rotatable bonds is 9. The van der Waals surface area contributed by atoms with Crippen LogP contribution >= 0.6 is 0 Å². The van der Waals surface area contributed by atoms with Gasteiger partial charge < -0.3 is 26.6 Å². The summed E-state index contributed by atoms with van der Waals surface area (Å²) in [6.45, 7) is 5.06. The third kappa shape index (κ3) is 6.66. The number of amides is 3. The first-order valence-corrected chi connectivity index (χ1v) is 11.8. The van der Waals surface area contributed by atoms with Crippen molar-refractivity contribution in [3.05, 3.63) is 84.1 Å². The van der Waals surface area contributed by atoms with Crippen LogP contribution in [0.1, 0.15) is 39.3 Å². The van der Waals surface area contributed by atoms with Crippen LogP contribution in [0.3, 0.4) is 0 Å². The molecule has 1 atom stereocenters. The van der Waals surface area contributed by atoms with E-state index < -0.39 is 5.91 Å². The van der Waals surface area contributed by atoms with E-state index in [2.05, 4.69) is 37.7 Å². The van der Waals surface area contributed by atoms with Gasteiger partial charge in [0.1, 0.15) is 0 Å². The molecule has 1 saturated heterocycles. The van der Waals surface area contributed by atoms with Crippen LogP contribution in [0.15, 0.2) is 67.3 Å². The van der Waals surface area contributed by atoms with Crippen LogP contribution in [0.25, 0.3) is 0 Å². The van der Waals surface area contributed by atoms with Crippen LogP contribution in [-0.2, 0) is 11.3 Å². The third-order valence-corrected chi connectivity index (χ3v) is 5.84. The third-order valence-electron chi connectivity index (χ3n) is 5.84. The standard InChI is InChI=1S/C26H28N8O3/c1-2-21(35)34-13-7-12-20(16-34)30-26-31-24(22(23(27)36)32-33-26)29-19-11-6-10-18(14-19)25(37)28-15-17-8-4-3-5-9-17/h2-6,8-11,14,20H,1,7,12-13,15-16H2,(H2,27,36)(H,28,37)(H2,29,30,31,33)/t20-/m1/s1. The van der Waals surface area contributed by atoms with Gasteiger partial charge in [-0.25, -0.2) is 0 Å². The Hall–Kier alpha value is -4.80. The molecule has 3 amide bonds. The minimum atomic E-state index is -0.800. The maximum Gasteiger partial charge on any atom is 0.273 e. The first-order chi connectivity index (χ1) is 17.9. The van der Waals surface area contributed by atoms with E-state index in [1.807, 2.05) is 30.3 Å². The molecule has 4 rings (SSSR count). The lowest BCUT2D eigenvalue weighted by Gasteiger charge is -2.32. The predicted molar refractivity (Wildman–Crippen MR) is 139 cm³/mol. The number of hydrogen-bond acceptors (Lipinski definition) is 8. The average molecular weight is 501 g/mol. The summed E-state index contributed by atoms with van der Waals surface area (Å²) in [5.74, 6) is -0.901. The molecule has 11 nitrogen and oxygen atoms in total. The highest BCUT2D eigenvalue weighted by molar-refractivity contribution is 5.97. The quantitative estimate of drug-likeness (QED) is 0.326. The zero-order valence-corrected chi connectivity index (χ0v) is 20.2. The molecule has 37 heavy (non-hydrogen) atoms. The lowest BCUT2D eigenvalue weighted by atomic mass is 10.1. The number of carbonyl (C=O) groups is 3. The van der Waals surface area contributed by atoms with E-state index >= 15 is 0 Å². The number of anilines is 3. The van der Waals surface area contributed by atoms with Crippen LogP contribution in [0.2, 0.25) is 0 Å². The van der Waals surface area contributed by atoms with Crippen LogP contribution in [0.4, 0.5) is 17.5 Å². The SMILES string of the molecule is C=CC(=O)N1CCC[C@@H](Nc2nnc(C(N)=O)c(Nc3cccc(C(=O)NCc4ccccc4)c3)n2)C1. The number of hydrogen-bond donors (Lipinski definition) is 4. The van der Waals surface area contributed by atoms with Gasteiger partial charge in [0, 0.05) is 36.9 Å². The van der Waals surface area contributed by atoms with Gasteiger partial charge in [-0.1, -0.05) is 43.0 Å². The van der Waals surface area contributed by atoms with Gasteiger partial charge in [0.05, 0.1) is 0 Å². The smallest absolute Gasteiger partial charge is 0.273 e. The van der Waals surface area contributed by atoms with Crippen molar-refractivity contribution >= 4 is 35.2 Å². The molecule has 5 N–H and O–H groups in total. The summed E-state index contributed by atoms with van der Waals surface area (Å²) in [5, 5.41) is 17.0. The average Bonchev–Trinajstić information content (AvgIpc) is 2.92. The van der Waals surface area contributed by atoms with Gasteiger partial charge in [-0.15, -0.1) is 10.2 Å². The molecular formula is C26H28N8O3. The molecule has 1 fully saturated rings. The van der Waals surface area contributed by atoms with Crippen molar-refractivity contribution in [3.63, 3.8) is 0 Å². The summed E-state index contributed by atoms with van der Waals surface area (Å²) in [6, 6.07) is 16.3. The monoisotopic (exact) mass is 500 g/mol. The van der Waals surface area contributed by atoms with Crippen molar-refractivity contribution in [2.45, 2.75) is 25.4 Å². The highest BCUT2D eigenvalue weighted by Gasteiger charge is 2.24. The molecule has 1 aliphatic heterocycles. The van der Waals surface area contributed by atoms with Crippen molar-refractivity contribution in [1.29, 1.82) is 0 Å². The minimum Gasteiger partial charge on any atom is -0.364 e. The predicted octanol–water partition coefficient (Wildman–Crippen LogP) is 2.23. The summed E-state index contributed by atoms with van der Waals surface area (Å²) in [6.07, 6.45) is 2.92. The fourth-order valence-corrected chi connectivity index (χ4v) is 4.00. The fraction of sp³-hybridized carbons (Fsp3) is 0.231. The zero-order valence-electron chi connectivity index (χ0n) is 20.2. The summed E-state index contributed by atoms with van der Waals surface area (Å²) in [7, 11) is 0. The molecule has 190 valence electrons. The van der Waals surface area contributed by atoms with Gasteiger partial charge in [0.25, 0.3) is 11.8 Å². The van der Waals surface area contributed by atoms with E-state index in [1.54, 1.807) is 29.2 Å². The molecule has 0 saturated carbocycles. The Morgan fingerprint density at radius 3 is 2.68 bits per heavy atom. The van der Waals surface area contributed by atoms with E-state index in [4.69, 9.17) is 5.73 Å². The van der Waals surface area contributed by atoms with Gasteiger partial charge >= 0.3 is 0 Å². The lowest BCUT2D eigenvalue weighted by molar-refractivity contribution is -0.127. The highest BCUT2D eigenvalue weighted by atomic mass is 16.2. The number of primary amides is 1. The summed E-state index contributed by atoms with van der Waals surface area (Å²) in [5.41, 5.74) is 7.27. The molecule has 11 heteroatoms. The molecule has 1 aromatic heterocycles. The molecule has 3 aromatic rings. The minimum absolute atomic E-state index is 0.0941. The Morgan fingerprint density at radius 1 is 1.11 bits per heavy atom. The van der Waals surface area contributed by atoms with Gasteiger partial charge in [-0.2, -0.15) is 4.98 Å². The second-order valence-corrected chi connectivity index (χ2v) is 8.54. The van der Waals surface area contributed by atoms with Crippen LogP contribution in [0.5, 0.6) is 0 Å². The van der Waals surface area contributed by atoms with E-state index in [0.29, 0.717) is 30.9 Å². The summed E-state index contributed by atoms with van der Waals surface area (Å²) < 4.78 is 0. The van der Waals surface area contributed by atoms with E-state index in [0.717, 1.165) is 18.4 Å². The molecule has 0 radical (unpaired) electrons. The van der Waals surface area contributed by atoms with Gasteiger partial charge in [0.15, 0.2) is 11.5 Å². The molecule has 0 bridgehead atoms. The van der Waals surface area contributed by atoms with Gasteiger partial charge in [-0.05, 0) is 42.7 Å². The van der Waals surface area contributed by atoms with Crippen molar-refractivity contribution < 1.29 is 14.4 Å². The van der Waals surface area contributed by atoms with Crippen molar-refractivity contribution in [2.75, 3.05) is 23.7 Å². The number of likely N-dealkylation sites (tertiary alicyclic amines) is 1. The second kappa shape index (κ2) is 11.8. The number of benzene rings is 2. The van der Waals surface area contributed by atoms with Crippen LogP contribution in [-0.4, -0.2) is 56.9 Å². The molecular weight excluding hydrogens is 472 g/mol. The first-order valence-electron chi connectivity index (χ1n) is 11.8. The fourth-order valence-electron chi connectivity index (χ4n) is 4.00. The Labute approximate surface area is 214 Å². The summed E-state index contributed by atoms with van der Waals surface area (Å²) in [4.78, 5) is 42.7. The Balaban J connectivity index is 1.47. The van der Waals surface area contributed by atoms with Crippen molar-refractivity contribution in [3.8, 4) is 0 Å². The normalized spacial score (nSPS) is 14.9. The number of piperidine rings is 1. The molecule has 0 unspecified atom stereocenters. The van der Waals surface area contributed by atoms with Crippen molar-refractivity contribution in [1.82, 2.24) is 25.4 Å².